The van der Waals surface area contributed by atoms with Crippen LogP contribution in [0.3, 0.4) is 0 Å². The van der Waals surface area contributed by atoms with Crippen LogP contribution in [0.4, 0.5) is 8.78 Å². The minimum absolute atomic E-state index is 0.00777. The van der Waals surface area contributed by atoms with Gasteiger partial charge in [0, 0.05) is 26.2 Å². The Morgan fingerprint density at radius 3 is 2.95 bits per heavy atom. The zero-order valence-electron chi connectivity index (χ0n) is 11.7. The molecule has 0 aliphatic carbocycles. The van der Waals surface area contributed by atoms with Gasteiger partial charge in [-0.1, -0.05) is 6.07 Å². The maximum atomic E-state index is 12.3. The van der Waals surface area contributed by atoms with E-state index in [1.54, 1.807) is 12.1 Å². The summed E-state index contributed by atoms with van der Waals surface area (Å²) in [5.41, 5.74) is 0.885. The molecular weight excluding hydrogens is 280 g/mol. The van der Waals surface area contributed by atoms with Crippen LogP contribution in [-0.2, 0) is 6.54 Å². The van der Waals surface area contributed by atoms with Gasteiger partial charge in [-0.15, -0.1) is 0 Å². The van der Waals surface area contributed by atoms with Gasteiger partial charge in [-0.05, 0) is 17.7 Å². The van der Waals surface area contributed by atoms with Gasteiger partial charge in [-0.3, -0.25) is 4.90 Å². The van der Waals surface area contributed by atoms with Crippen molar-refractivity contribution in [3.63, 3.8) is 0 Å². The van der Waals surface area contributed by atoms with Gasteiger partial charge in [0.25, 0.3) is 0 Å². The molecule has 0 bridgehead atoms. The maximum absolute atomic E-state index is 12.3. The lowest BCUT2D eigenvalue weighted by molar-refractivity contribution is -0.0512. The van der Waals surface area contributed by atoms with Gasteiger partial charge in [0.15, 0.2) is 11.5 Å². The summed E-state index contributed by atoms with van der Waals surface area (Å²) in [5.74, 6) is 0.268. The molecule has 0 amide bonds. The summed E-state index contributed by atoms with van der Waals surface area (Å²) >= 11 is 0. The topological polar surface area (TPSA) is 57.5 Å². The van der Waals surface area contributed by atoms with Crippen LogP contribution in [0, 0.1) is 11.3 Å². The first-order chi connectivity index (χ1) is 10.1. The molecule has 1 unspecified atom stereocenters. The molecule has 1 heterocycles. The third kappa shape index (κ3) is 4.03. The largest absolute Gasteiger partial charge is 0.493 e. The van der Waals surface area contributed by atoms with E-state index in [1.807, 2.05) is 4.90 Å². The Balaban J connectivity index is 2.11. The van der Waals surface area contributed by atoms with Crippen molar-refractivity contribution < 1.29 is 18.3 Å². The van der Waals surface area contributed by atoms with Crippen molar-refractivity contribution in [2.24, 2.45) is 0 Å². The molecule has 114 valence electrons. The van der Waals surface area contributed by atoms with Crippen molar-refractivity contribution >= 4 is 0 Å². The lowest BCUT2D eigenvalue weighted by Crippen LogP contribution is -2.49. The first-order valence-corrected chi connectivity index (χ1v) is 6.60. The summed E-state index contributed by atoms with van der Waals surface area (Å²) in [6.07, 6.45) is 0. The molecule has 1 atom stereocenters. The smallest absolute Gasteiger partial charge is 0.387 e. The molecule has 0 aromatic heterocycles. The van der Waals surface area contributed by atoms with E-state index in [-0.39, 0.29) is 17.5 Å². The number of methoxy groups -OCH3 is 1. The first kappa shape index (κ1) is 15.5. The minimum Gasteiger partial charge on any atom is -0.493 e. The Bertz CT molecular complexity index is 519. The second-order valence-electron chi connectivity index (χ2n) is 4.68. The zero-order chi connectivity index (χ0) is 15.2. The van der Waals surface area contributed by atoms with Crippen LogP contribution in [0.2, 0.25) is 0 Å². The Morgan fingerprint density at radius 2 is 2.29 bits per heavy atom. The summed E-state index contributed by atoms with van der Waals surface area (Å²) in [5, 5.41) is 12.3. The van der Waals surface area contributed by atoms with Crippen LogP contribution in [0.5, 0.6) is 11.5 Å². The van der Waals surface area contributed by atoms with Crippen molar-refractivity contribution in [3.8, 4) is 17.6 Å². The lowest BCUT2D eigenvalue weighted by atomic mass is 10.1. The van der Waals surface area contributed by atoms with Gasteiger partial charge in [0.05, 0.1) is 13.2 Å². The Hall–Kier alpha value is -1.91. The van der Waals surface area contributed by atoms with Crippen molar-refractivity contribution in [2.45, 2.75) is 19.2 Å². The van der Waals surface area contributed by atoms with Crippen LogP contribution in [0.25, 0.3) is 0 Å². The fraction of sp³-hybridized carbons (Fsp3) is 0.500. The molecule has 7 heteroatoms. The standard InChI is InChI=1S/C14H17F2N3O2/c1-20-13-6-10(2-3-12(13)21-14(15)16)9-19-5-4-18-8-11(19)7-17/h2-3,6,11,14,18H,4-5,8-9H2,1H3. The summed E-state index contributed by atoms with van der Waals surface area (Å²) < 4.78 is 34.0. The number of alkyl halides is 2. The molecule has 0 saturated carbocycles. The van der Waals surface area contributed by atoms with E-state index in [0.29, 0.717) is 13.1 Å². The second-order valence-corrected chi connectivity index (χ2v) is 4.68. The Kier molecular flexibility index (Phi) is 5.31. The van der Waals surface area contributed by atoms with Gasteiger partial charge >= 0.3 is 6.61 Å². The average molecular weight is 297 g/mol. The number of piperazine rings is 1. The van der Waals surface area contributed by atoms with Crippen molar-refractivity contribution in [1.29, 1.82) is 5.26 Å². The van der Waals surface area contributed by atoms with Gasteiger partial charge in [0.1, 0.15) is 6.04 Å². The second kappa shape index (κ2) is 7.20. The van der Waals surface area contributed by atoms with Crippen LogP contribution in [0.15, 0.2) is 18.2 Å². The van der Waals surface area contributed by atoms with E-state index >= 15 is 0 Å². The molecule has 0 spiro atoms. The number of nitrogens with zero attached hydrogens (tertiary/aromatic N) is 2. The van der Waals surface area contributed by atoms with E-state index < -0.39 is 6.61 Å². The molecule has 21 heavy (non-hydrogen) atoms. The molecular formula is C14H17F2N3O2. The highest BCUT2D eigenvalue weighted by atomic mass is 19.3. The molecule has 1 aliphatic heterocycles. The van der Waals surface area contributed by atoms with Crippen LogP contribution in [-0.4, -0.2) is 44.3 Å². The van der Waals surface area contributed by atoms with Crippen molar-refractivity contribution in [2.75, 3.05) is 26.7 Å². The Morgan fingerprint density at radius 1 is 1.48 bits per heavy atom. The lowest BCUT2D eigenvalue weighted by Gasteiger charge is -2.32. The highest BCUT2D eigenvalue weighted by Gasteiger charge is 2.22. The van der Waals surface area contributed by atoms with Crippen molar-refractivity contribution in [1.82, 2.24) is 10.2 Å². The number of benzene rings is 1. The van der Waals surface area contributed by atoms with Gasteiger partial charge < -0.3 is 14.8 Å². The maximum Gasteiger partial charge on any atom is 0.387 e. The molecule has 1 saturated heterocycles. The third-order valence-electron chi connectivity index (χ3n) is 3.33. The highest BCUT2D eigenvalue weighted by Crippen LogP contribution is 2.30. The molecule has 5 nitrogen and oxygen atoms in total. The van der Waals surface area contributed by atoms with Crippen LogP contribution >= 0.6 is 0 Å². The van der Waals surface area contributed by atoms with E-state index in [0.717, 1.165) is 18.7 Å². The average Bonchev–Trinajstić information content (AvgIpc) is 2.49. The van der Waals surface area contributed by atoms with Crippen LogP contribution in [0.1, 0.15) is 5.56 Å². The number of halogens is 2. The van der Waals surface area contributed by atoms with Crippen LogP contribution < -0.4 is 14.8 Å². The van der Waals surface area contributed by atoms with Crippen molar-refractivity contribution in [3.05, 3.63) is 23.8 Å². The predicted octanol–water partition coefficient (Wildman–Crippen LogP) is 1.59. The summed E-state index contributed by atoms with van der Waals surface area (Å²) in [6.45, 7) is -0.121. The molecule has 1 aromatic carbocycles. The quantitative estimate of drug-likeness (QED) is 0.894. The van der Waals surface area contributed by atoms with E-state index in [9.17, 15) is 8.78 Å². The minimum atomic E-state index is -2.89. The highest BCUT2D eigenvalue weighted by molar-refractivity contribution is 5.43. The fourth-order valence-corrected chi connectivity index (χ4v) is 2.30. The summed E-state index contributed by atoms with van der Waals surface area (Å²) in [6, 6.07) is 6.88. The molecule has 1 aliphatic rings. The predicted molar refractivity (Wildman–Crippen MR) is 72.3 cm³/mol. The summed E-state index contributed by atoms with van der Waals surface area (Å²) in [4.78, 5) is 2.04. The molecule has 1 aromatic rings. The monoisotopic (exact) mass is 297 g/mol. The van der Waals surface area contributed by atoms with Gasteiger partial charge in [-0.25, -0.2) is 0 Å². The molecule has 2 rings (SSSR count). The number of hydrogen-bond acceptors (Lipinski definition) is 5. The van der Waals surface area contributed by atoms with E-state index in [4.69, 9.17) is 10.00 Å². The van der Waals surface area contributed by atoms with Gasteiger partial charge in [0.2, 0.25) is 0 Å². The molecule has 1 N–H and O–H groups in total. The number of ether oxygens (including phenoxy) is 2. The number of rotatable bonds is 5. The molecule has 0 radical (unpaired) electrons. The SMILES string of the molecule is COc1cc(CN2CCNCC2C#N)ccc1OC(F)F. The summed E-state index contributed by atoms with van der Waals surface area (Å²) in [7, 11) is 1.40. The zero-order valence-corrected chi connectivity index (χ0v) is 11.7. The van der Waals surface area contributed by atoms with E-state index in [2.05, 4.69) is 16.1 Å². The third-order valence-corrected chi connectivity index (χ3v) is 3.33. The number of hydrogen-bond donors (Lipinski definition) is 1. The molecule has 1 fully saturated rings. The van der Waals surface area contributed by atoms with Gasteiger partial charge in [-0.2, -0.15) is 14.0 Å². The van der Waals surface area contributed by atoms with E-state index in [1.165, 1.54) is 13.2 Å². The normalized spacial score (nSPS) is 19.3. The first-order valence-electron chi connectivity index (χ1n) is 6.60. The Labute approximate surface area is 122 Å². The number of nitrogens with one attached hydrogen (secondary N) is 1. The fourth-order valence-electron chi connectivity index (χ4n) is 2.30. The number of nitriles is 1.